The number of halogens is 1. The van der Waals surface area contributed by atoms with Crippen molar-refractivity contribution in [1.82, 2.24) is 0 Å². The van der Waals surface area contributed by atoms with Crippen LogP contribution in [0.4, 0.5) is 0 Å². The molecule has 122 valence electrons. The minimum absolute atomic E-state index is 0.529. The third kappa shape index (κ3) is 4.39. The Kier molecular flexibility index (Phi) is 5.55. The third-order valence-electron chi connectivity index (χ3n) is 3.68. The second kappa shape index (κ2) is 8.02. The summed E-state index contributed by atoms with van der Waals surface area (Å²) in [5.41, 5.74) is 3.37. The summed E-state index contributed by atoms with van der Waals surface area (Å²) in [4.78, 5) is 0. The summed E-state index contributed by atoms with van der Waals surface area (Å²) in [6, 6.07) is 24.2. The van der Waals surface area contributed by atoms with Gasteiger partial charge in [-0.1, -0.05) is 60.7 Å². The predicted octanol–water partition coefficient (Wildman–Crippen LogP) is 5.92. The van der Waals surface area contributed by atoms with E-state index in [1.54, 1.807) is 0 Å². The lowest BCUT2D eigenvalue weighted by Gasteiger charge is -2.13. The lowest BCUT2D eigenvalue weighted by Crippen LogP contribution is -1.99. The largest absolute Gasteiger partial charge is 0.489 e. The fourth-order valence-electron chi connectivity index (χ4n) is 2.37. The van der Waals surface area contributed by atoms with Gasteiger partial charge in [-0.05, 0) is 45.6 Å². The molecule has 3 aromatic rings. The van der Waals surface area contributed by atoms with Crippen LogP contribution in [0.15, 0.2) is 77.3 Å². The van der Waals surface area contributed by atoms with Gasteiger partial charge in [0.05, 0.1) is 4.47 Å². The molecule has 0 radical (unpaired) electrons. The van der Waals surface area contributed by atoms with E-state index in [4.69, 9.17) is 9.47 Å². The molecule has 0 saturated carbocycles. The van der Waals surface area contributed by atoms with E-state index in [2.05, 4.69) is 40.2 Å². The van der Waals surface area contributed by atoms with Gasteiger partial charge in [-0.15, -0.1) is 0 Å². The molecule has 3 aromatic carbocycles. The molecule has 2 nitrogen and oxygen atoms in total. The van der Waals surface area contributed by atoms with Gasteiger partial charge in [-0.25, -0.2) is 0 Å². The number of ether oxygens (including phenoxy) is 2. The number of rotatable bonds is 6. The lowest BCUT2D eigenvalue weighted by atomic mass is 10.2. The molecule has 24 heavy (non-hydrogen) atoms. The first-order chi connectivity index (χ1) is 11.7. The van der Waals surface area contributed by atoms with E-state index in [-0.39, 0.29) is 0 Å². The molecule has 3 rings (SSSR count). The van der Waals surface area contributed by atoms with Gasteiger partial charge in [0.25, 0.3) is 0 Å². The van der Waals surface area contributed by atoms with Gasteiger partial charge < -0.3 is 9.47 Å². The van der Waals surface area contributed by atoms with Gasteiger partial charge in [0.1, 0.15) is 24.7 Å². The summed E-state index contributed by atoms with van der Waals surface area (Å²) in [7, 11) is 0. The van der Waals surface area contributed by atoms with Crippen molar-refractivity contribution in [3.63, 3.8) is 0 Å². The normalized spacial score (nSPS) is 10.4. The fraction of sp³-hybridized carbons (Fsp3) is 0.143. The highest BCUT2D eigenvalue weighted by molar-refractivity contribution is 9.10. The van der Waals surface area contributed by atoms with Crippen LogP contribution in [0, 0.1) is 6.92 Å². The van der Waals surface area contributed by atoms with Crippen molar-refractivity contribution in [2.75, 3.05) is 0 Å². The summed E-state index contributed by atoms with van der Waals surface area (Å²) in [6.45, 7) is 3.11. The van der Waals surface area contributed by atoms with E-state index in [0.29, 0.717) is 13.2 Å². The topological polar surface area (TPSA) is 18.5 Å². The molecule has 0 aliphatic carbocycles. The van der Waals surface area contributed by atoms with Crippen molar-refractivity contribution in [1.29, 1.82) is 0 Å². The molecule has 0 fully saturated rings. The Morgan fingerprint density at radius 2 is 1.29 bits per heavy atom. The Morgan fingerprint density at radius 3 is 1.88 bits per heavy atom. The molecule has 0 aliphatic heterocycles. The van der Waals surface area contributed by atoms with Crippen LogP contribution in [0.25, 0.3) is 0 Å². The third-order valence-corrected chi connectivity index (χ3v) is 4.70. The van der Waals surface area contributed by atoms with Crippen molar-refractivity contribution in [3.8, 4) is 11.5 Å². The van der Waals surface area contributed by atoms with E-state index in [9.17, 15) is 0 Å². The van der Waals surface area contributed by atoms with Crippen molar-refractivity contribution < 1.29 is 9.47 Å². The highest BCUT2D eigenvalue weighted by Crippen LogP contribution is 2.34. The van der Waals surface area contributed by atoms with Crippen LogP contribution in [0.1, 0.15) is 16.7 Å². The average Bonchev–Trinajstić information content (AvgIpc) is 2.63. The fourth-order valence-corrected chi connectivity index (χ4v) is 2.71. The zero-order valence-electron chi connectivity index (χ0n) is 13.5. The first-order valence-corrected chi connectivity index (χ1v) is 8.65. The van der Waals surface area contributed by atoms with Crippen molar-refractivity contribution in [2.45, 2.75) is 20.1 Å². The zero-order chi connectivity index (χ0) is 16.8. The van der Waals surface area contributed by atoms with Crippen LogP contribution < -0.4 is 9.47 Å². The van der Waals surface area contributed by atoms with Crippen LogP contribution in [-0.2, 0) is 13.2 Å². The maximum Gasteiger partial charge on any atom is 0.137 e. The summed E-state index contributed by atoms with van der Waals surface area (Å²) in [5, 5.41) is 0. The van der Waals surface area contributed by atoms with Crippen LogP contribution in [-0.4, -0.2) is 0 Å². The second-order valence-electron chi connectivity index (χ2n) is 5.60. The molecule has 0 spiro atoms. The van der Waals surface area contributed by atoms with Gasteiger partial charge in [0, 0.05) is 6.07 Å². The van der Waals surface area contributed by atoms with E-state index in [0.717, 1.165) is 32.7 Å². The Hall–Kier alpha value is -2.26. The standard InChI is InChI=1S/C21H19BrO2/c1-16-12-19(23-14-17-8-4-2-5-9-17)13-20(21(16)22)24-15-18-10-6-3-7-11-18/h2-13H,14-15H2,1H3. The van der Waals surface area contributed by atoms with E-state index < -0.39 is 0 Å². The van der Waals surface area contributed by atoms with Gasteiger partial charge in [0.15, 0.2) is 0 Å². The van der Waals surface area contributed by atoms with Crippen LogP contribution in [0.5, 0.6) is 11.5 Å². The second-order valence-corrected chi connectivity index (χ2v) is 6.39. The Labute approximate surface area is 151 Å². The van der Waals surface area contributed by atoms with Gasteiger partial charge in [0.2, 0.25) is 0 Å². The first kappa shape index (κ1) is 16.6. The molecule has 0 aromatic heterocycles. The summed E-state index contributed by atoms with van der Waals surface area (Å²) in [5.74, 6) is 1.60. The average molecular weight is 383 g/mol. The highest BCUT2D eigenvalue weighted by atomic mass is 79.9. The highest BCUT2D eigenvalue weighted by Gasteiger charge is 2.09. The SMILES string of the molecule is Cc1cc(OCc2ccccc2)cc(OCc2ccccc2)c1Br. The molecule has 0 saturated heterocycles. The molecule has 3 heteroatoms. The summed E-state index contributed by atoms with van der Waals surface area (Å²) < 4.78 is 12.9. The van der Waals surface area contributed by atoms with Gasteiger partial charge >= 0.3 is 0 Å². The molecule has 0 amide bonds. The Bertz CT molecular complexity index is 786. The minimum Gasteiger partial charge on any atom is -0.489 e. The summed E-state index contributed by atoms with van der Waals surface area (Å²) >= 11 is 3.60. The molecule has 0 heterocycles. The Morgan fingerprint density at radius 1 is 0.750 bits per heavy atom. The van der Waals surface area contributed by atoms with Crippen LogP contribution in [0.2, 0.25) is 0 Å². The molecular weight excluding hydrogens is 364 g/mol. The molecule has 0 atom stereocenters. The van der Waals surface area contributed by atoms with Crippen molar-refractivity contribution in [2.24, 2.45) is 0 Å². The van der Waals surface area contributed by atoms with Crippen molar-refractivity contribution >= 4 is 15.9 Å². The maximum absolute atomic E-state index is 5.97. The van der Waals surface area contributed by atoms with E-state index >= 15 is 0 Å². The van der Waals surface area contributed by atoms with Crippen LogP contribution >= 0.6 is 15.9 Å². The molecule has 0 N–H and O–H groups in total. The van der Waals surface area contributed by atoms with E-state index in [1.165, 1.54) is 0 Å². The number of aryl methyl sites for hydroxylation is 1. The Balaban J connectivity index is 1.71. The predicted molar refractivity (Wildman–Crippen MR) is 100 cm³/mol. The van der Waals surface area contributed by atoms with Crippen LogP contribution in [0.3, 0.4) is 0 Å². The number of benzene rings is 3. The maximum atomic E-state index is 5.97. The quantitative estimate of drug-likeness (QED) is 0.526. The van der Waals surface area contributed by atoms with Crippen molar-refractivity contribution in [3.05, 3.63) is 94.0 Å². The van der Waals surface area contributed by atoms with Gasteiger partial charge in [-0.3, -0.25) is 0 Å². The first-order valence-electron chi connectivity index (χ1n) is 7.86. The molecular formula is C21H19BrO2. The summed E-state index contributed by atoms with van der Waals surface area (Å²) in [6.07, 6.45) is 0. The smallest absolute Gasteiger partial charge is 0.137 e. The number of hydrogen-bond acceptors (Lipinski definition) is 2. The lowest BCUT2D eigenvalue weighted by molar-refractivity contribution is 0.288. The molecule has 0 unspecified atom stereocenters. The minimum atomic E-state index is 0.529. The van der Waals surface area contributed by atoms with E-state index in [1.807, 2.05) is 55.5 Å². The molecule has 0 bridgehead atoms. The van der Waals surface area contributed by atoms with Gasteiger partial charge in [-0.2, -0.15) is 0 Å². The monoisotopic (exact) mass is 382 g/mol. The molecule has 0 aliphatic rings. The number of hydrogen-bond donors (Lipinski definition) is 0. The zero-order valence-corrected chi connectivity index (χ0v) is 15.1.